The summed E-state index contributed by atoms with van der Waals surface area (Å²) in [7, 11) is 0. The van der Waals surface area contributed by atoms with Crippen molar-refractivity contribution in [3.8, 4) is 0 Å². The molecular weight excluding hydrogens is 246 g/mol. The zero-order valence-corrected chi connectivity index (χ0v) is 8.78. The predicted octanol–water partition coefficient (Wildman–Crippen LogP) is 2.42. The number of alkyl halides is 3. The van der Waals surface area contributed by atoms with Crippen molar-refractivity contribution in [1.29, 1.82) is 0 Å². The fourth-order valence-corrected chi connectivity index (χ4v) is 1.89. The molecule has 1 aromatic rings. The van der Waals surface area contributed by atoms with Crippen molar-refractivity contribution in [2.45, 2.75) is 17.2 Å². The Morgan fingerprint density at radius 2 is 1.94 bits per heavy atom. The van der Waals surface area contributed by atoms with Crippen molar-refractivity contribution >= 4 is 17.4 Å². The Bertz CT molecular complexity index is 349. The van der Waals surface area contributed by atoms with Crippen LogP contribution in [0.2, 0.25) is 0 Å². The van der Waals surface area contributed by atoms with Gasteiger partial charge in [0.15, 0.2) is 6.10 Å². The summed E-state index contributed by atoms with van der Waals surface area (Å²) in [5, 5.41) is 8.71. The second-order valence-electron chi connectivity index (χ2n) is 3.09. The zero-order valence-electron chi connectivity index (χ0n) is 7.96. The van der Waals surface area contributed by atoms with Gasteiger partial charge in [0, 0.05) is 16.3 Å². The molecule has 1 rings (SSSR count). The van der Waals surface area contributed by atoms with E-state index in [-0.39, 0.29) is 10.6 Å². The van der Waals surface area contributed by atoms with Gasteiger partial charge in [-0.15, -0.1) is 11.8 Å². The maximum Gasteiger partial charge on any atom is 0.415 e. The van der Waals surface area contributed by atoms with Crippen LogP contribution in [0.1, 0.15) is 0 Å². The third kappa shape index (κ3) is 3.90. The predicted molar refractivity (Wildman–Crippen MR) is 53.6 cm³/mol. The van der Waals surface area contributed by atoms with Gasteiger partial charge in [-0.05, 0) is 18.2 Å². The summed E-state index contributed by atoms with van der Waals surface area (Å²) in [5.41, 5.74) is 5.44. The molecule has 0 spiro atoms. The van der Waals surface area contributed by atoms with Gasteiger partial charge in [-0.2, -0.15) is 13.2 Å². The van der Waals surface area contributed by atoms with Gasteiger partial charge in [-0.1, -0.05) is 0 Å². The van der Waals surface area contributed by atoms with E-state index in [1.54, 1.807) is 0 Å². The van der Waals surface area contributed by atoms with E-state index in [2.05, 4.69) is 0 Å². The number of benzene rings is 1. The molecule has 0 amide bonds. The summed E-state index contributed by atoms with van der Waals surface area (Å²) < 4.78 is 48.7. The van der Waals surface area contributed by atoms with Crippen LogP contribution in [0.3, 0.4) is 0 Å². The largest absolute Gasteiger partial charge is 0.415 e. The quantitative estimate of drug-likeness (QED) is 0.495. The zero-order chi connectivity index (χ0) is 12.3. The number of anilines is 1. The fourth-order valence-electron chi connectivity index (χ4n) is 0.937. The van der Waals surface area contributed by atoms with Crippen molar-refractivity contribution in [3.63, 3.8) is 0 Å². The van der Waals surface area contributed by atoms with E-state index in [1.165, 1.54) is 6.07 Å². The molecular formula is C9H9F4NOS. The lowest BCUT2D eigenvalue weighted by molar-refractivity contribution is -0.195. The lowest BCUT2D eigenvalue weighted by atomic mass is 10.3. The second kappa shape index (κ2) is 4.92. The molecule has 3 N–H and O–H groups in total. The minimum Gasteiger partial charge on any atom is -0.399 e. The van der Waals surface area contributed by atoms with Crippen LogP contribution < -0.4 is 5.73 Å². The Kier molecular flexibility index (Phi) is 4.03. The molecule has 0 radical (unpaired) electrons. The van der Waals surface area contributed by atoms with Crippen LogP contribution >= 0.6 is 11.8 Å². The van der Waals surface area contributed by atoms with E-state index < -0.39 is 23.9 Å². The maximum absolute atomic E-state index is 12.8. The normalized spacial score (nSPS) is 13.8. The van der Waals surface area contributed by atoms with Crippen LogP contribution in [-0.2, 0) is 0 Å². The lowest BCUT2D eigenvalue weighted by Crippen LogP contribution is -2.30. The smallest absolute Gasteiger partial charge is 0.399 e. The summed E-state index contributed by atoms with van der Waals surface area (Å²) in [6, 6.07) is 3.46. The summed E-state index contributed by atoms with van der Waals surface area (Å²) in [5.74, 6) is -1.21. The topological polar surface area (TPSA) is 46.2 Å². The Hall–Kier alpha value is -0.950. The van der Waals surface area contributed by atoms with Gasteiger partial charge in [0.2, 0.25) is 0 Å². The van der Waals surface area contributed by atoms with E-state index in [4.69, 9.17) is 10.8 Å². The highest BCUT2D eigenvalue weighted by molar-refractivity contribution is 7.99. The summed E-state index contributed by atoms with van der Waals surface area (Å²) in [6.07, 6.45) is -7.09. The van der Waals surface area contributed by atoms with Gasteiger partial charge in [0.05, 0.1) is 0 Å². The molecule has 0 saturated heterocycles. The van der Waals surface area contributed by atoms with Crippen LogP contribution in [0, 0.1) is 5.82 Å². The van der Waals surface area contributed by atoms with Gasteiger partial charge < -0.3 is 10.8 Å². The molecule has 0 aromatic heterocycles. The fraction of sp³-hybridized carbons (Fsp3) is 0.333. The molecule has 16 heavy (non-hydrogen) atoms. The second-order valence-corrected chi connectivity index (χ2v) is 4.18. The van der Waals surface area contributed by atoms with Gasteiger partial charge in [0.25, 0.3) is 0 Å². The van der Waals surface area contributed by atoms with E-state index in [0.29, 0.717) is 11.8 Å². The van der Waals surface area contributed by atoms with Crippen molar-refractivity contribution in [2.24, 2.45) is 0 Å². The van der Waals surface area contributed by atoms with E-state index >= 15 is 0 Å². The molecule has 1 aromatic carbocycles. The molecule has 0 aliphatic carbocycles. The molecule has 0 aliphatic rings. The SMILES string of the molecule is Nc1cc(F)cc(SCC(O)C(F)(F)F)c1. The minimum absolute atomic E-state index is 0.129. The van der Waals surface area contributed by atoms with Crippen LogP contribution in [0.5, 0.6) is 0 Å². The van der Waals surface area contributed by atoms with E-state index in [0.717, 1.165) is 12.1 Å². The lowest BCUT2D eigenvalue weighted by Gasteiger charge is -2.13. The number of rotatable bonds is 3. The highest BCUT2D eigenvalue weighted by Gasteiger charge is 2.37. The number of hydrogen-bond donors (Lipinski definition) is 2. The Morgan fingerprint density at radius 1 is 1.31 bits per heavy atom. The molecule has 7 heteroatoms. The van der Waals surface area contributed by atoms with Gasteiger partial charge in [-0.25, -0.2) is 4.39 Å². The monoisotopic (exact) mass is 255 g/mol. The minimum atomic E-state index is -4.66. The van der Waals surface area contributed by atoms with Gasteiger partial charge >= 0.3 is 6.18 Å². The van der Waals surface area contributed by atoms with Crippen LogP contribution in [0.4, 0.5) is 23.2 Å². The first-order chi connectivity index (χ1) is 7.29. The number of aliphatic hydroxyl groups is 1. The molecule has 90 valence electrons. The molecule has 0 heterocycles. The molecule has 0 aliphatic heterocycles. The van der Waals surface area contributed by atoms with E-state index in [9.17, 15) is 17.6 Å². The number of hydrogen-bond acceptors (Lipinski definition) is 3. The maximum atomic E-state index is 12.8. The Balaban J connectivity index is 2.61. The molecule has 0 saturated carbocycles. The molecule has 0 fully saturated rings. The van der Waals surface area contributed by atoms with Gasteiger partial charge in [-0.3, -0.25) is 0 Å². The number of nitrogen functional groups attached to an aromatic ring is 1. The van der Waals surface area contributed by atoms with Crippen molar-refractivity contribution in [1.82, 2.24) is 0 Å². The molecule has 1 unspecified atom stereocenters. The number of nitrogens with two attached hydrogens (primary N) is 1. The van der Waals surface area contributed by atoms with Crippen molar-refractivity contribution in [3.05, 3.63) is 24.0 Å². The first kappa shape index (κ1) is 13.1. The molecule has 2 nitrogen and oxygen atoms in total. The van der Waals surface area contributed by atoms with Crippen LogP contribution in [0.25, 0.3) is 0 Å². The van der Waals surface area contributed by atoms with Crippen molar-refractivity contribution < 1.29 is 22.7 Å². The summed E-state index contributed by atoms with van der Waals surface area (Å²) in [6.45, 7) is 0. The summed E-state index contributed by atoms with van der Waals surface area (Å²) in [4.78, 5) is 0.251. The first-order valence-electron chi connectivity index (χ1n) is 4.22. The van der Waals surface area contributed by atoms with Crippen LogP contribution in [-0.4, -0.2) is 23.1 Å². The Labute approximate surface area is 93.4 Å². The van der Waals surface area contributed by atoms with E-state index in [1.807, 2.05) is 0 Å². The first-order valence-corrected chi connectivity index (χ1v) is 5.21. The molecule has 0 bridgehead atoms. The van der Waals surface area contributed by atoms with Crippen molar-refractivity contribution in [2.75, 3.05) is 11.5 Å². The number of aliphatic hydroxyl groups excluding tert-OH is 1. The average molecular weight is 255 g/mol. The summed E-state index contributed by atoms with van der Waals surface area (Å²) >= 11 is 0.694. The number of halogens is 4. The average Bonchev–Trinajstić information content (AvgIpc) is 2.11. The third-order valence-corrected chi connectivity index (χ3v) is 2.73. The highest BCUT2D eigenvalue weighted by atomic mass is 32.2. The third-order valence-electron chi connectivity index (χ3n) is 1.68. The van der Waals surface area contributed by atoms with Gasteiger partial charge in [0.1, 0.15) is 5.82 Å². The van der Waals surface area contributed by atoms with Crippen LogP contribution in [0.15, 0.2) is 23.1 Å². The standard InChI is InChI=1S/C9H9F4NOS/c10-5-1-6(14)3-7(2-5)16-4-8(15)9(11,12)13/h1-3,8,15H,4,14H2. The number of thioether (sulfide) groups is 1. The highest BCUT2D eigenvalue weighted by Crippen LogP contribution is 2.28. The Morgan fingerprint density at radius 3 is 2.44 bits per heavy atom. The molecule has 1 atom stereocenters.